The predicted octanol–water partition coefficient (Wildman–Crippen LogP) is 3.48. The Morgan fingerprint density at radius 3 is 2.21 bits per heavy atom. The first kappa shape index (κ1) is 16.3. The third kappa shape index (κ3) is 4.67. The predicted molar refractivity (Wildman–Crippen MR) is 63.7 cm³/mol. The standard InChI is InChI=1S/C13H21F3O3/c1-8(12(17)18)7-9-3-5-10(6-4-9)11(19-2)13(14,15)16/h8-11H,3-7H2,1-2H3,(H,17,18). The normalized spacial score (nSPS) is 27.8. The molecule has 19 heavy (non-hydrogen) atoms. The molecule has 0 heterocycles. The molecule has 0 aromatic heterocycles. The molecule has 1 aliphatic rings. The Kier molecular flexibility index (Phi) is 5.64. The minimum absolute atomic E-state index is 0.216. The van der Waals surface area contributed by atoms with E-state index in [2.05, 4.69) is 4.74 Å². The lowest BCUT2D eigenvalue weighted by atomic mass is 9.76. The Hall–Kier alpha value is -0.780. The van der Waals surface area contributed by atoms with E-state index in [1.54, 1.807) is 6.92 Å². The number of alkyl halides is 3. The van der Waals surface area contributed by atoms with Gasteiger partial charge in [-0.15, -0.1) is 0 Å². The third-order valence-electron chi connectivity index (χ3n) is 4.00. The molecule has 2 atom stereocenters. The van der Waals surface area contributed by atoms with E-state index in [1.807, 2.05) is 0 Å². The van der Waals surface area contributed by atoms with Gasteiger partial charge in [0.2, 0.25) is 0 Å². The van der Waals surface area contributed by atoms with Gasteiger partial charge in [0.05, 0.1) is 5.92 Å². The molecule has 0 spiro atoms. The minimum Gasteiger partial charge on any atom is -0.481 e. The van der Waals surface area contributed by atoms with Gasteiger partial charge in [-0.25, -0.2) is 0 Å². The number of rotatable bonds is 5. The van der Waals surface area contributed by atoms with Crippen molar-refractivity contribution in [3.63, 3.8) is 0 Å². The van der Waals surface area contributed by atoms with Crippen molar-refractivity contribution in [1.29, 1.82) is 0 Å². The highest BCUT2D eigenvalue weighted by molar-refractivity contribution is 5.69. The van der Waals surface area contributed by atoms with Crippen LogP contribution in [0.2, 0.25) is 0 Å². The number of aliphatic carboxylic acids is 1. The zero-order chi connectivity index (χ0) is 14.6. The number of carboxylic acids is 1. The van der Waals surface area contributed by atoms with E-state index in [0.717, 1.165) is 7.11 Å². The first-order valence-electron chi connectivity index (χ1n) is 6.58. The van der Waals surface area contributed by atoms with Gasteiger partial charge < -0.3 is 9.84 Å². The lowest BCUT2D eigenvalue weighted by Gasteiger charge is -2.34. The van der Waals surface area contributed by atoms with Gasteiger partial charge in [-0.3, -0.25) is 4.79 Å². The van der Waals surface area contributed by atoms with E-state index >= 15 is 0 Å². The van der Waals surface area contributed by atoms with Crippen LogP contribution in [-0.4, -0.2) is 30.5 Å². The van der Waals surface area contributed by atoms with Crippen molar-refractivity contribution >= 4 is 5.97 Å². The van der Waals surface area contributed by atoms with Crippen LogP contribution in [0.25, 0.3) is 0 Å². The highest BCUT2D eigenvalue weighted by atomic mass is 19.4. The molecule has 1 aliphatic carbocycles. The van der Waals surface area contributed by atoms with Gasteiger partial charge in [0.1, 0.15) is 0 Å². The lowest BCUT2D eigenvalue weighted by Crippen LogP contribution is -2.39. The summed E-state index contributed by atoms with van der Waals surface area (Å²) in [5.74, 6) is -1.55. The van der Waals surface area contributed by atoms with Crippen LogP contribution in [0.15, 0.2) is 0 Å². The third-order valence-corrected chi connectivity index (χ3v) is 4.00. The summed E-state index contributed by atoms with van der Waals surface area (Å²) < 4.78 is 42.7. The molecule has 1 N–H and O–H groups in total. The fourth-order valence-corrected chi connectivity index (χ4v) is 2.92. The van der Waals surface area contributed by atoms with E-state index in [9.17, 15) is 18.0 Å². The summed E-state index contributed by atoms with van der Waals surface area (Å²) in [7, 11) is 1.09. The smallest absolute Gasteiger partial charge is 0.414 e. The quantitative estimate of drug-likeness (QED) is 0.839. The Morgan fingerprint density at radius 2 is 1.84 bits per heavy atom. The molecule has 1 rings (SSSR count). The molecule has 3 nitrogen and oxygen atoms in total. The Labute approximate surface area is 111 Å². The number of ether oxygens (including phenoxy) is 1. The van der Waals surface area contributed by atoms with Crippen LogP contribution < -0.4 is 0 Å². The van der Waals surface area contributed by atoms with E-state index in [-0.39, 0.29) is 5.92 Å². The summed E-state index contributed by atoms with van der Waals surface area (Å²) >= 11 is 0. The fraction of sp³-hybridized carbons (Fsp3) is 0.923. The second-order valence-corrected chi connectivity index (χ2v) is 5.45. The maximum Gasteiger partial charge on any atom is 0.414 e. The molecular formula is C13H21F3O3. The molecule has 1 saturated carbocycles. The molecule has 0 aliphatic heterocycles. The van der Waals surface area contributed by atoms with Gasteiger partial charge in [0.25, 0.3) is 0 Å². The number of hydrogen-bond acceptors (Lipinski definition) is 2. The minimum atomic E-state index is -4.32. The first-order chi connectivity index (χ1) is 8.75. The van der Waals surface area contributed by atoms with Crippen molar-refractivity contribution in [2.75, 3.05) is 7.11 Å². The maximum absolute atomic E-state index is 12.7. The monoisotopic (exact) mass is 282 g/mol. The average Bonchev–Trinajstić information content (AvgIpc) is 2.30. The molecular weight excluding hydrogens is 261 g/mol. The first-order valence-corrected chi connectivity index (χ1v) is 6.58. The second kappa shape index (κ2) is 6.59. The number of methoxy groups -OCH3 is 1. The van der Waals surface area contributed by atoms with Crippen molar-refractivity contribution in [2.45, 2.75) is 51.3 Å². The zero-order valence-electron chi connectivity index (χ0n) is 11.2. The maximum atomic E-state index is 12.7. The van der Waals surface area contributed by atoms with Gasteiger partial charge in [-0.2, -0.15) is 13.2 Å². The summed E-state index contributed by atoms with van der Waals surface area (Å²) in [5, 5.41) is 8.83. The molecule has 0 bridgehead atoms. The van der Waals surface area contributed by atoms with E-state index < -0.39 is 30.1 Å². The lowest BCUT2D eigenvalue weighted by molar-refractivity contribution is -0.231. The van der Waals surface area contributed by atoms with Crippen LogP contribution >= 0.6 is 0 Å². The van der Waals surface area contributed by atoms with Gasteiger partial charge in [-0.05, 0) is 31.1 Å². The van der Waals surface area contributed by atoms with Crippen LogP contribution in [0, 0.1) is 17.8 Å². The summed E-state index contributed by atoms with van der Waals surface area (Å²) in [5.41, 5.74) is 0. The number of carbonyl (C=O) groups is 1. The van der Waals surface area contributed by atoms with Crippen molar-refractivity contribution in [3.05, 3.63) is 0 Å². The summed E-state index contributed by atoms with van der Waals surface area (Å²) in [6, 6.07) is 0. The highest BCUT2D eigenvalue weighted by Crippen LogP contribution is 2.39. The molecule has 0 aromatic rings. The van der Waals surface area contributed by atoms with Crippen LogP contribution in [0.5, 0.6) is 0 Å². The van der Waals surface area contributed by atoms with Gasteiger partial charge in [0, 0.05) is 7.11 Å². The number of halogens is 3. The molecule has 0 aromatic carbocycles. The molecule has 6 heteroatoms. The molecule has 0 radical (unpaired) electrons. The van der Waals surface area contributed by atoms with Crippen molar-refractivity contribution in [3.8, 4) is 0 Å². The number of carboxylic acid groups (broad SMARTS) is 1. The topological polar surface area (TPSA) is 46.5 Å². The second-order valence-electron chi connectivity index (χ2n) is 5.45. The molecule has 1 fully saturated rings. The molecule has 0 amide bonds. The molecule has 112 valence electrons. The SMILES string of the molecule is COC(C1CCC(CC(C)C(=O)O)CC1)C(F)(F)F. The van der Waals surface area contributed by atoms with Crippen LogP contribution in [0.1, 0.15) is 39.0 Å². The summed E-state index contributed by atoms with van der Waals surface area (Å²) in [6.07, 6.45) is -3.25. The summed E-state index contributed by atoms with van der Waals surface area (Å²) in [6.45, 7) is 1.64. The van der Waals surface area contributed by atoms with Gasteiger partial charge in [-0.1, -0.05) is 19.8 Å². The Bertz CT molecular complexity index is 296. The average molecular weight is 282 g/mol. The molecule has 0 saturated heterocycles. The van der Waals surface area contributed by atoms with E-state index in [4.69, 9.17) is 5.11 Å². The van der Waals surface area contributed by atoms with Gasteiger partial charge in [0.15, 0.2) is 6.10 Å². The largest absolute Gasteiger partial charge is 0.481 e. The highest BCUT2D eigenvalue weighted by Gasteiger charge is 2.45. The molecule has 2 unspecified atom stereocenters. The zero-order valence-corrected chi connectivity index (χ0v) is 11.2. The van der Waals surface area contributed by atoms with E-state index in [1.165, 1.54) is 0 Å². The van der Waals surface area contributed by atoms with Gasteiger partial charge >= 0.3 is 12.1 Å². The van der Waals surface area contributed by atoms with Crippen molar-refractivity contribution in [2.24, 2.45) is 17.8 Å². The van der Waals surface area contributed by atoms with Crippen LogP contribution in [0.4, 0.5) is 13.2 Å². The Balaban J connectivity index is 2.46. The fourth-order valence-electron chi connectivity index (χ4n) is 2.92. The number of hydrogen-bond donors (Lipinski definition) is 1. The van der Waals surface area contributed by atoms with Crippen molar-refractivity contribution < 1.29 is 27.8 Å². The van der Waals surface area contributed by atoms with Crippen molar-refractivity contribution in [1.82, 2.24) is 0 Å². The van der Waals surface area contributed by atoms with E-state index in [0.29, 0.717) is 32.1 Å². The summed E-state index contributed by atoms with van der Waals surface area (Å²) in [4.78, 5) is 10.8. The Morgan fingerprint density at radius 1 is 1.32 bits per heavy atom. The van der Waals surface area contributed by atoms with Crippen LogP contribution in [-0.2, 0) is 9.53 Å². The van der Waals surface area contributed by atoms with Crippen LogP contribution in [0.3, 0.4) is 0 Å².